The molecule has 0 bridgehead atoms. The molecule has 0 amide bonds. The van der Waals surface area contributed by atoms with E-state index in [0.29, 0.717) is 10.7 Å². The average Bonchev–Trinajstić information content (AvgIpc) is 2.30. The topological polar surface area (TPSA) is 72.2 Å². The van der Waals surface area contributed by atoms with E-state index in [1.54, 1.807) is 18.2 Å². The number of halogens is 2. The van der Waals surface area contributed by atoms with Gasteiger partial charge in [-0.2, -0.15) is 5.10 Å². The van der Waals surface area contributed by atoms with Gasteiger partial charge in [0, 0.05) is 16.7 Å². The van der Waals surface area contributed by atoms with Crippen molar-refractivity contribution in [3.8, 4) is 5.69 Å². The van der Waals surface area contributed by atoms with Gasteiger partial charge in [0.1, 0.15) is 0 Å². The van der Waals surface area contributed by atoms with Gasteiger partial charge in [0.15, 0.2) is 0 Å². The maximum atomic E-state index is 11.3. The zero-order chi connectivity index (χ0) is 13.3. The van der Waals surface area contributed by atoms with E-state index in [1.807, 2.05) is 0 Å². The van der Waals surface area contributed by atoms with Crippen LogP contribution in [-0.2, 0) is 0 Å². The Kier molecular flexibility index (Phi) is 3.49. The van der Waals surface area contributed by atoms with Crippen molar-refractivity contribution >= 4 is 33.5 Å². The predicted octanol–water partition coefficient (Wildman–Crippen LogP) is 2.35. The van der Waals surface area contributed by atoms with E-state index in [2.05, 4.69) is 21.0 Å². The summed E-state index contributed by atoms with van der Waals surface area (Å²) in [7, 11) is 0. The highest BCUT2D eigenvalue weighted by Crippen LogP contribution is 2.23. The van der Waals surface area contributed by atoms with Crippen molar-refractivity contribution in [3.05, 3.63) is 55.9 Å². The van der Waals surface area contributed by atoms with Gasteiger partial charge in [0.2, 0.25) is 11.1 Å². The lowest BCUT2D eigenvalue weighted by molar-refractivity contribution is 0.0687. The number of rotatable bonds is 2. The number of aromatic nitrogens is 2. The summed E-state index contributed by atoms with van der Waals surface area (Å²) in [5, 5.41) is 13.0. The molecule has 0 atom stereocenters. The number of hydrogen-bond acceptors (Lipinski definition) is 3. The second-order valence-corrected chi connectivity index (χ2v) is 4.70. The van der Waals surface area contributed by atoms with Gasteiger partial charge in [0.05, 0.1) is 10.7 Å². The van der Waals surface area contributed by atoms with E-state index >= 15 is 0 Å². The van der Waals surface area contributed by atoms with E-state index < -0.39 is 17.1 Å². The molecule has 0 spiro atoms. The SMILES string of the molecule is O=C(O)c1nn(-c2ccc(Br)cc2Cl)ccc1=O. The molecule has 1 aromatic heterocycles. The Bertz CT molecular complexity index is 684. The first kappa shape index (κ1) is 12.8. The molecule has 0 saturated heterocycles. The molecule has 0 aliphatic heterocycles. The Labute approximate surface area is 115 Å². The summed E-state index contributed by atoms with van der Waals surface area (Å²) < 4.78 is 2.04. The smallest absolute Gasteiger partial charge is 0.360 e. The quantitative estimate of drug-likeness (QED) is 0.918. The summed E-state index contributed by atoms with van der Waals surface area (Å²) in [5.41, 5.74) is -0.703. The molecule has 0 aliphatic rings. The van der Waals surface area contributed by atoms with Crippen molar-refractivity contribution in [3.63, 3.8) is 0 Å². The first-order chi connectivity index (χ1) is 8.49. The molecule has 2 aromatic rings. The molecule has 1 N–H and O–H groups in total. The predicted molar refractivity (Wildman–Crippen MR) is 69.5 cm³/mol. The monoisotopic (exact) mass is 328 g/mol. The third-order valence-electron chi connectivity index (χ3n) is 2.17. The average molecular weight is 330 g/mol. The Morgan fingerprint density at radius 2 is 2.11 bits per heavy atom. The van der Waals surface area contributed by atoms with Gasteiger partial charge in [-0.3, -0.25) is 4.79 Å². The number of nitrogens with zero attached hydrogens (tertiary/aromatic N) is 2. The van der Waals surface area contributed by atoms with Crippen molar-refractivity contribution in [2.24, 2.45) is 0 Å². The third-order valence-corrected chi connectivity index (χ3v) is 2.96. The first-order valence-corrected chi connectivity index (χ1v) is 5.95. The van der Waals surface area contributed by atoms with Crippen LogP contribution in [0.5, 0.6) is 0 Å². The van der Waals surface area contributed by atoms with E-state index in [1.165, 1.54) is 10.9 Å². The Balaban J connectivity index is 2.61. The van der Waals surface area contributed by atoms with Gasteiger partial charge < -0.3 is 5.11 Å². The molecule has 7 heteroatoms. The molecule has 0 aliphatic carbocycles. The highest BCUT2D eigenvalue weighted by molar-refractivity contribution is 9.10. The van der Waals surface area contributed by atoms with E-state index in [-0.39, 0.29) is 0 Å². The zero-order valence-electron chi connectivity index (χ0n) is 8.80. The van der Waals surface area contributed by atoms with E-state index in [0.717, 1.165) is 10.5 Å². The van der Waals surface area contributed by atoms with Gasteiger partial charge in [-0.25, -0.2) is 9.48 Å². The molecular formula is C11H6BrClN2O3. The number of carbonyl (C=O) groups is 1. The van der Waals surface area contributed by atoms with Crippen molar-refractivity contribution in [2.75, 3.05) is 0 Å². The standard InChI is InChI=1S/C11H6BrClN2O3/c12-6-1-2-8(7(13)5-6)15-4-3-9(16)10(14-15)11(17)18/h1-5H,(H,17,18). The zero-order valence-corrected chi connectivity index (χ0v) is 11.1. The van der Waals surface area contributed by atoms with Crippen molar-refractivity contribution in [2.45, 2.75) is 0 Å². The molecule has 92 valence electrons. The van der Waals surface area contributed by atoms with Gasteiger partial charge in [-0.05, 0) is 18.2 Å². The van der Waals surface area contributed by atoms with E-state index in [4.69, 9.17) is 16.7 Å². The minimum absolute atomic E-state index is 0.386. The molecule has 1 aromatic carbocycles. The van der Waals surface area contributed by atoms with Crippen LogP contribution in [0.15, 0.2) is 39.7 Å². The van der Waals surface area contributed by atoms with Crippen LogP contribution in [-0.4, -0.2) is 20.9 Å². The van der Waals surface area contributed by atoms with Crippen LogP contribution in [0.4, 0.5) is 0 Å². The maximum Gasteiger partial charge on any atom is 0.360 e. The van der Waals surface area contributed by atoms with Crippen LogP contribution >= 0.6 is 27.5 Å². The van der Waals surface area contributed by atoms with E-state index in [9.17, 15) is 9.59 Å². The molecule has 0 radical (unpaired) electrons. The number of aromatic carboxylic acids is 1. The van der Waals surface area contributed by atoms with Crippen molar-refractivity contribution in [1.29, 1.82) is 0 Å². The third kappa shape index (κ3) is 2.44. The summed E-state index contributed by atoms with van der Waals surface area (Å²) in [4.78, 5) is 22.1. The molecule has 18 heavy (non-hydrogen) atoms. The molecule has 5 nitrogen and oxygen atoms in total. The van der Waals surface area contributed by atoms with Gasteiger partial charge in [-0.15, -0.1) is 0 Å². The van der Waals surface area contributed by atoms with Crippen LogP contribution in [0, 0.1) is 0 Å². The summed E-state index contributed by atoms with van der Waals surface area (Å²) in [6, 6.07) is 6.18. The largest absolute Gasteiger partial charge is 0.476 e. The lowest BCUT2D eigenvalue weighted by atomic mass is 10.3. The minimum atomic E-state index is -1.37. The highest BCUT2D eigenvalue weighted by atomic mass is 79.9. The fraction of sp³-hybridized carbons (Fsp3) is 0. The van der Waals surface area contributed by atoms with Crippen LogP contribution in [0.1, 0.15) is 10.5 Å². The molecular weight excluding hydrogens is 323 g/mol. The lowest BCUT2D eigenvalue weighted by Crippen LogP contribution is -2.20. The molecule has 0 fully saturated rings. The van der Waals surface area contributed by atoms with Crippen LogP contribution in [0.25, 0.3) is 5.69 Å². The second kappa shape index (κ2) is 4.91. The van der Waals surface area contributed by atoms with Crippen LogP contribution < -0.4 is 5.43 Å². The number of benzene rings is 1. The van der Waals surface area contributed by atoms with Gasteiger partial charge in [-0.1, -0.05) is 27.5 Å². The Hall–Kier alpha value is -1.66. The van der Waals surface area contributed by atoms with Gasteiger partial charge in [0.25, 0.3) is 0 Å². The fourth-order valence-corrected chi connectivity index (χ4v) is 2.12. The summed E-state index contributed by atoms with van der Waals surface area (Å²) in [6.07, 6.45) is 1.36. The molecule has 0 unspecified atom stereocenters. The molecule has 1 heterocycles. The Morgan fingerprint density at radius 1 is 1.39 bits per heavy atom. The van der Waals surface area contributed by atoms with Crippen molar-refractivity contribution in [1.82, 2.24) is 9.78 Å². The lowest BCUT2D eigenvalue weighted by Gasteiger charge is -2.07. The normalized spacial score (nSPS) is 10.3. The van der Waals surface area contributed by atoms with Crippen LogP contribution in [0.3, 0.4) is 0 Å². The summed E-state index contributed by atoms with van der Waals surface area (Å²) in [6.45, 7) is 0. The Morgan fingerprint density at radius 3 is 2.72 bits per heavy atom. The number of carboxylic acids is 1. The minimum Gasteiger partial charge on any atom is -0.476 e. The van der Waals surface area contributed by atoms with Crippen LogP contribution in [0.2, 0.25) is 5.02 Å². The first-order valence-electron chi connectivity index (χ1n) is 4.78. The maximum absolute atomic E-state index is 11.3. The number of hydrogen-bond donors (Lipinski definition) is 1. The number of carboxylic acid groups (broad SMARTS) is 1. The summed E-state index contributed by atoms with van der Waals surface area (Å²) in [5.74, 6) is -1.37. The summed E-state index contributed by atoms with van der Waals surface area (Å²) >= 11 is 9.28. The van der Waals surface area contributed by atoms with Crippen molar-refractivity contribution < 1.29 is 9.90 Å². The second-order valence-electron chi connectivity index (χ2n) is 3.37. The fourth-order valence-electron chi connectivity index (χ4n) is 1.36. The van der Waals surface area contributed by atoms with Gasteiger partial charge >= 0.3 is 5.97 Å². The molecule has 2 rings (SSSR count). The highest BCUT2D eigenvalue weighted by Gasteiger charge is 2.12. The molecule has 0 saturated carbocycles.